The highest BCUT2D eigenvalue weighted by molar-refractivity contribution is 7.90. The number of carbonyl (C=O) groups is 1. The van der Waals surface area contributed by atoms with Crippen molar-refractivity contribution >= 4 is 21.4 Å². The second-order valence-corrected chi connectivity index (χ2v) is 6.56. The molecule has 1 rings (SSSR count). The number of sulfone groups is 1. The van der Waals surface area contributed by atoms with Crippen molar-refractivity contribution in [3.05, 3.63) is 24.3 Å². The molecule has 2 N–H and O–H groups in total. The third-order valence-electron chi connectivity index (χ3n) is 2.47. The molecule has 0 bridgehead atoms. The SMILES string of the molecule is CN(CCS(C)(=O)=O)C(=O)COc1ccc(N)cc1. The van der Waals surface area contributed by atoms with Crippen molar-refractivity contribution in [1.29, 1.82) is 0 Å². The molecular formula is C12H18N2O4S. The van der Waals surface area contributed by atoms with Crippen molar-refractivity contribution < 1.29 is 17.9 Å². The van der Waals surface area contributed by atoms with E-state index in [0.717, 1.165) is 6.26 Å². The number of ether oxygens (including phenoxy) is 1. The first-order chi connectivity index (χ1) is 8.78. The molecule has 0 heterocycles. The summed E-state index contributed by atoms with van der Waals surface area (Å²) in [6.45, 7) is 0.0208. The van der Waals surface area contributed by atoms with Crippen molar-refractivity contribution in [3.63, 3.8) is 0 Å². The number of anilines is 1. The van der Waals surface area contributed by atoms with E-state index in [2.05, 4.69) is 0 Å². The predicted octanol–water partition coefficient (Wildman–Crippen LogP) is 0.151. The Kier molecular flexibility index (Phi) is 5.17. The molecule has 1 amide bonds. The first kappa shape index (κ1) is 15.3. The van der Waals surface area contributed by atoms with E-state index in [9.17, 15) is 13.2 Å². The minimum Gasteiger partial charge on any atom is -0.484 e. The Hall–Kier alpha value is -1.76. The third-order valence-corrected chi connectivity index (χ3v) is 3.39. The summed E-state index contributed by atoms with van der Waals surface area (Å²) >= 11 is 0. The van der Waals surface area contributed by atoms with Gasteiger partial charge in [-0.15, -0.1) is 0 Å². The maximum atomic E-state index is 11.7. The van der Waals surface area contributed by atoms with Crippen molar-refractivity contribution in [2.24, 2.45) is 0 Å². The lowest BCUT2D eigenvalue weighted by atomic mass is 10.3. The first-order valence-electron chi connectivity index (χ1n) is 5.68. The fourth-order valence-corrected chi connectivity index (χ4v) is 1.85. The van der Waals surface area contributed by atoms with Crippen LogP contribution in [-0.2, 0) is 14.6 Å². The van der Waals surface area contributed by atoms with E-state index < -0.39 is 9.84 Å². The number of hydrogen-bond donors (Lipinski definition) is 1. The van der Waals surface area contributed by atoms with Crippen molar-refractivity contribution in [2.45, 2.75) is 0 Å². The summed E-state index contributed by atoms with van der Waals surface area (Å²) in [4.78, 5) is 13.0. The van der Waals surface area contributed by atoms with Gasteiger partial charge >= 0.3 is 0 Å². The molecule has 0 aromatic heterocycles. The van der Waals surface area contributed by atoms with Crippen LogP contribution in [0.2, 0.25) is 0 Å². The number of benzene rings is 1. The summed E-state index contributed by atoms with van der Waals surface area (Å²) in [6.07, 6.45) is 1.14. The van der Waals surface area contributed by atoms with Crippen molar-refractivity contribution in [3.8, 4) is 5.75 Å². The maximum absolute atomic E-state index is 11.7. The molecule has 7 heteroatoms. The molecule has 0 aliphatic heterocycles. The molecule has 0 aliphatic carbocycles. The van der Waals surface area contributed by atoms with Crippen LogP contribution in [0.25, 0.3) is 0 Å². The molecule has 0 atom stereocenters. The lowest BCUT2D eigenvalue weighted by Crippen LogP contribution is -2.34. The smallest absolute Gasteiger partial charge is 0.260 e. The zero-order chi connectivity index (χ0) is 14.5. The Morgan fingerprint density at radius 3 is 2.42 bits per heavy atom. The highest BCUT2D eigenvalue weighted by Crippen LogP contribution is 2.12. The number of nitrogens with two attached hydrogens (primary N) is 1. The fraction of sp³-hybridized carbons (Fsp3) is 0.417. The normalized spacial score (nSPS) is 11.1. The largest absolute Gasteiger partial charge is 0.484 e. The van der Waals surface area contributed by atoms with Crippen LogP contribution in [0.4, 0.5) is 5.69 Å². The second-order valence-electron chi connectivity index (χ2n) is 4.30. The van der Waals surface area contributed by atoms with E-state index in [1.165, 1.54) is 4.90 Å². The topological polar surface area (TPSA) is 89.7 Å². The monoisotopic (exact) mass is 286 g/mol. The third kappa shape index (κ3) is 6.10. The Labute approximate surface area is 113 Å². The maximum Gasteiger partial charge on any atom is 0.260 e. The van der Waals surface area contributed by atoms with Crippen LogP contribution in [0.15, 0.2) is 24.3 Å². The van der Waals surface area contributed by atoms with E-state index >= 15 is 0 Å². The van der Waals surface area contributed by atoms with Gasteiger partial charge in [0.15, 0.2) is 6.61 Å². The van der Waals surface area contributed by atoms with Crippen LogP contribution in [-0.4, -0.2) is 51.4 Å². The zero-order valence-corrected chi connectivity index (χ0v) is 11.8. The molecule has 1 aromatic carbocycles. The number of nitrogens with zero attached hydrogens (tertiary/aromatic N) is 1. The molecular weight excluding hydrogens is 268 g/mol. The van der Waals surface area contributed by atoms with Crippen LogP contribution in [0.3, 0.4) is 0 Å². The summed E-state index contributed by atoms with van der Waals surface area (Å²) in [5.74, 6) is 0.205. The lowest BCUT2D eigenvalue weighted by Gasteiger charge is -2.16. The lowest BCUT2D eigenvalue weighted by molar-refractivity contribution is -0.131. The molecule has 106 valence electrons. The second kappa shape index (κ2) is 6.42. The van der Waals surface area contributed by atoms with Crippen LogP contribution in [0.1, 0.15) is 0 Å². The van der Waals surface area contributed by atoms with Crippen LogP contribution in [0.5, 0.6) is 5.75 Å². The van der Waals surface area contributed by atoms with E-state index in [4.69, 9.17) is 10.5 Å². The van der Waals surface area contributed by atoms with Gasteiger partial charge in [0.1, 0.15) is 15.6 Å². The predicted molar refractivity (Wildman–Crippen MR) is 73.7 cm³/mol. The molecule has 0 aliphatic rings. The van der Waals surface area contributed by atoms with E-state index in [1.807, 2.05) is 0 Å². The number of amides is 1. The summed E-state index contributed by atoms with van der Waals surface area (Å²) < 4.78 is 27.3. The summed E-state index contributed by atoms with van der Waals surface area (Å²) in [5, 5.41) is 0. The van der Waals surface area contributed by atoms with Crippen molar-refractivity contribution in [2.75, 3.05) is 37.9 Å². The minimum absolute atomic E-state index is 0.0584. The Bertz CT molecular complexity index is 525. The van der Waals surface area contributed by atoms with Gasteiger partial charge in [-0.25, -0.2) is 8.42 Å². The van der Waals surface area contributed by atoms with Gasteiger partial charge in [0.2, 0.25) is 0 Å². The minimum atomic E-state index is -3.07. The van der Waals surface area contributed by atoms with Gasteiger partial charge in [-0.1, -0.05) is 0 Å². The molecule has 19 heavy (non-hydrogen) atoms. The average molecular weight is 286 g/mol. The van der Waals surface area contributed by atoms with Gasteiger partial charge in [0.05, 0.1) is 5.75 Å². The van der Waals surface area contributed by atoms with Crippen LogP contribution in [0, 0.1) is 0 Å². The quantitative estimate of drug-likeness (QED) is 0.752. The summed E-state index contributed by atoms with van der Waals surface area (Å²) in [7, 11) is -1.53. The number of carbonyl (C=O) groups excluding carboxylic acids is 1. The van der Waals surface area contributed by atoms with Gasteiger partial charge in [0.25, 0.3) is 5.91 Å². The number of likely N-dealkylation sites (N-methyl/N-ethyl adjacent to an activating group) is 1. The molecule has 0 saturated carbocycles. The van der Waals surface area contributed by atoms with Crippen molar-refractivity contribution in [1.82, 2.24) is 4.90 Å². The highest BCUT2D eigenvalue weighted by Gasteiger charge is 2.12. The number of hydrogen-bond acceptors (Lipinski definition) is 5. The Morgan fingerprint density at radius 2 is 1.89 bits per heavy atom. The first-order valence-corrected chi connectivity index (χ1v) is 7.74. The standard InChI is InChI=1S/C12H18N2O4S/c1-14(7-8-19(2,16)17)12(15)9-18-11-5-3-10(13)4-6-11/h3-6H,7-9,13H2,1-2H3. The van der Waals surface area contributed by atoms with Crippen LogP contribution < -0.4 is 10.5 Å². The summed E-state index contributed by atoms with van der Waals surface area (Å²) in [5.41, 5.74) is 6.14. The molecule has 0 spiro atoms. The number of nitrogen functional groups attached to an aromatic ring is 1. The average Bonchev–Trinajstić information content (AvgIpc) is 2.34. The molecule has 0 unspecified atom stereocenters. The molecule has 0 radical (unpaired) electrons. The van der Waals surface area contributed by atoms with Gasteiger partial charge in [-0.2, -0.15) is 0 Å². The van der Waals surface area contributed by atoms with Gasteiger partial charge < -0.3 is 15.4 Å². The molecule has 0 saturated heterocycles. The Morgan fingerprint density at radius 1 is 1.32 bits per heavy atom. The van der Waals surface area contributed by atoms with Gasteiger partial charge in [-0.3, -0.25) is 4.79 Å². The van der Waals surface area contributed by atoms with E-state index in [1.54, 1.807) is 31.3 Å². The summed E-state index contributed by atoms with van der Waals surface area (Å²) in [6, 6.07) is 6.68. The highest BCUT2D eigenvalue weighted by atomic mass is 32.2. The van der Waals surface area contributed by atoms with Gasteiger partial charge in [-0.05, 0) is 24.3 Å². The van der Waals surface area contributed by atoms with E-state index in [-0.39, 0.29) is 24.8 Å². The molecule has 6 nitrogen and oxygen atoms in total. The number of rotatable bonds is 6. The fourth-order valence-electron chi connectivity index (χ4n) is 1.25. The van der Waals surface area contributed by atoms with Crippen LogP contribution >= 0.6 is 0 Å². The zero-order valence-electron chi connectivity index (χ0n) is 11.0. The molecule has 0 fully saturated rings. The Balaban J connectivity index is 2.40. The van der Waals surface area contributed by atoms with Gasteiger partial charge in [0, 0.05) is 25.5 Å². The molecule has 1 aromatic rings. The van der Waals surface area contributed by atoms with E-state index in [0.29, 0.717) is 11.4 Å².